The second-order valence-corrected chi connectivity index (χ2v) is 6.89. The van der Waals surface area contributed by atoms with E-state index in [1.807, 2.05) is 20.8 Å². The third kappa shape index (κ3) is 4.27. The van der Waals surface area contributed by atoms with Gasteiger partial charge >= 0.3 is 0 Å². The minimum absolute atomic E-state index is 0.0938. The van der Waals surface area contributed by atoms with Gasteiger partial charge in [-0.1, -0.05) is 66.0 Å². The van der Waals surface area contributed by atoms with Gasteiger partial charge in [0.15, 0.2) is 5.78 Å². The fraction of sp³-hybridized carbons (Fsp3) is 0.533. The van der Waals surface area contributed by atoms with Crippen molar-refractivity contribution in [3.8, 4) is 0 Å². The van der Waals surface area contributed by atoms with Gasteiger partial charge in [0.1, 0.15) is 0 Å². The van der Waals surface area contributed by atoms with E-state index in [0.29, 0.717) is 0 Å². The highest BCUT2D eigenvalue weighted by Gasteiger charge is 2.27. The summed E-state index contributed by atoms with van der Waals surface area (Å²) < 4.78 is 0. The van der Waals surface area contributed by atoms with Gasteiger partial charge in [0.2, 0.25) is 0 Å². The van der Waals surface area contributed by atoms with Crippen molar-refractivity contribution in [2.45, 2.75) is 45.9 Å². The lowest BCUT2D eigenvalue weighted by atomic mass is 9.87. The fourth-order valence-corrected chi connectivity index (χ4v) is 3.02. The maximum Gasteiger partial charge on any atom is 0.152 e. The number of aryl methyl sites for hydroxylation is 2. The third-order valence-corrected chi connectivity index (χ3v) is 3.46. The molecule has 0 N–H and O–H groups in total. The zero-order chi connectivity index (χ0) is 13.2. The summed E-state index contributed by atoms with van der Waals surface area (Å²) in [6, 6.07) is 6.45. The summed E-state index contributed by atoms with van der Waals surface area (Å²) in [5.74, 6) is 0.261. The Morgan fingerprint density at radius 2 is 1.65 bits per heavy atom. The minimum atomic E-state index is -0.285. The Labute approximate surface area is 113 Å². The summed E-state index contributed by atoms with van der Waals surface area (Å²) in [5, 5.41) is 0. The summed E-state index contributed by atoms with van der Waals surface area (Å²) in [6.07, 6.45) is 0.763. The number of rotatable bonds is 3. The standard InChI is InChI=1S/C15H21BrO/c1-10-6-11(2)8-12(7-10)9-13(16)14(17)15(3,4)5/h6-8,13H,9H2,1-5H3. The number of carbonyl (C=O) groups is 1. The van der Waals surface area contributed by atoms with E-state index < -0.39 is 0 Å². The van der Waals surface area contributed by atoms with Gasteiger partial charge in [-0.3, -0.25) is 4.79 Å². The Morgan fingerprint density at radius 1 is 1.18 bits per heavy atom. The molecule has 0 spiro atoms. The number of hydrogen-bond donors (Lipinski definition) is 0. The van der Waals surface area contributed by atoms with Crippen molar-refractivity contribution in [3.63, 3.8) is 0 Å². The first-order valence-electron chi connectivity index (χ1n) is 5.95. The van der Waals surface area contributed by atoms with E-state index in [9.17, 15) is 4.79 Å². The molecule has 0 aliphatic carbocycles. The lowest BCUT2D eigenvalue weighted by Gasteiger charge is -2.21. The maximum atomic E-state index is 12.1. The van der Waals surface area contributed by atoms with Crippen LogP contribution in [0.3, 0.4) is 0 Å². The smallest absolute Gasteiger partial charge is 0.152 e. The molecule has 1 aromatic carbocycles. The van der Waals surface area contributed by atoms with Crippen LogP contribution in [0.5, 0.6) is 0 Å². The normalized spacial score (nSPS) is 13.5. The van der Waals surface area contributed by atoms with E-state index in [4.69, 9.17) is 0 Å². The Hall–Kier alpha value is -0.630. The first-order chi connectivity index (χ1) is 7.70. The monoisotopic (exact) mass is 296 g/mol. The van der Waals surface area contributed by atoms with E-state index >= 15 is 0 Å². The van der Waals surface area contributed by atoms with Crippen LogP contribution in [-0.4, -0.2) is 10.6 Å². The Bertz CT molecular complexity index is 395. The Morgan fingerprint density at radius 3 is 2.06 bits per heavy atom. The van der Waals surface area contributed by atoms with Crippen LogP contribution in [0.1, 0.15) is 37.5 Å². The van der Waals surface area contributed by atoms with Gasteiger partial charge in [0, 0.05) is 5.41 Å². The highest BCUT2D eigenvalue weighted by Crippen LogP contribution is 2.23. The predicted octanol–water partition coefficient (Wildman–Crippen LogP) is 4.22. The van der Waals surface area contributed by atoms with Gasteiger partial charge in [-0.15, -0.1) is 0 Å². The molecule has 0 saturated heterocycles. The molecule has 0 saturated carbocycles. The molecule has 0 heterocycles. The second-order valence-electron chi connectivity index (χ2n) is 5.78. The van der Waals surface area contributed by atoms with E-state index in [2.05, 4.69) is 48.0 Å². The summed E-state index contributed by atoms with van der Waals surface area (Å²) in [4.78, 5) is 12.0. The molecule has 17 heavy (non-hydrogen) atoms. The molecule has 2 heteroatoms. The highest BCUT2D eigenvalue weighted by atomic mass is 79.9. The summed E-state index contributed by atoms with van der Waals surface area (Å²) in [7, 11) is 0. The van der Waals surface area contributed by atoms with Crippen molar-refractivity contribution < 1.29 is 4.79 Å². The van der Waals surface area contributed by atoms with Crippen LogP contribution in [0.2, 0.25) is 0 Å². The summed E-state index contributed by atoms with van der Waals surface area (Å²) in [6.45, 7) is 10.1. The average molecular weight is 297 g/mol. The lowest BCUT2D eigenvalue weighted by Crippen LogP contribution is -2.30. The van der Waals surface area contributed by atoms with Gasteiger partial charge < -0.3 is 0 Å². The van der Waals surface area contributed by atoms with Gasteiger partial charge in [0.05, 0.1) is 4.83 Å². The predicted molar refractivity (Wildman–Crippen MR) is 76.8 cm³/mol. The molecule has 1 aromatic rings. The topological polar surface area (TPSA) is 17.1 Å². The molecule has 0 aliphatic heterocycles. The molecule has 1 rings (SSSR count). The molecular weight excluding hydrogens is 276 g/mol. The molecule has 0 aliphatic rings. The van der Waals surface area contributed by atoms with Crippen LogP contribution in [0.15, 0.2) is 18.2 Å². The number of Topliss-reactive ketones (excluding diaryl/α,β-unsaturated/α-hetero) is 1. The average Bonchev–Trinajstić information content (AvgIpc) is 2.13. The minimum Gasteiger partial charge on any atom is -0.298 e. The van der Waals surface area contributed by atoms with E-state index in [1.54, 1.807) is 0 Å². The fourth-order valence-electron chi connectivity index (χ4n) is 1.96. The number of benzene rings is 1. The molecule has 0 radical (unpaired) electrons. The number of ketones is 1. The van der Waals surface area contributed by atoms with Crippen molar-refractivity contribution in [2.75, 3.05) is 0 Å². The first-order valence-corrected chi connectivity index (χ1v) is 6.87. The van der Waals surface area contributed by atoms with Crippen LogP contribution in [0.4, 0.5) is 0 Å². The molecular formula is C15H21BrO. The van der Waals surface area contributed by atoms with Crippen molar-refractivity contribution in [1.82, 2.24) is 0 Å². The largest absolute Gasteiger partial charge is 0.298 e. The van der Waals surface area contributed by atoms with Crippen molar-refractivity contribution in [3.05, 3.63) is 34.9 Å². The first kappa shape index (κ1) is 14.4. The van der Waals surface area contributed by atoms with Crippen LogP contribution in [-0.2, 0) is 11.2 Å². The molecule has 0 fully saturated rings. The van der Waals surface area contributed by atoms with Crippen molar-refractivity contribution >= 4 is 21.7 Å². The van der Waals surface area contributed by atoms with Gasteiger partial charge in [-0.25, -0.2) is 0 Å². The van der Waals surface area contributed by atoms with E-state index in [0.717, 1.165) is 6.42 Å². The van der Waals surface area contributed by atoms with E-state index in [-0.39, 0.29) is 16.0 Å². The Kier molecular flexibility index (Phi) is 4.54. The molecule has 1 atom stereocenters. The molecule has 1 nitrogen and oxygen atoms in total. The molecule has 0 amide bonds. The van der Waals surface area contributed by atoms with Crippen molar-refractivity contribution in [2.24, 2.45) is 5.41 Å². The van der Waals surface area contributed by atoms with Crippen molar-refractivity contribution in [1.29, 1.82) is 0 Å². The number of halogens is 1. The molecule has 0 bridgehead atoms. The molecule has 1 unspecified atom stereocenters. The molecule has 0 aromatic heterocycles. The van der Waals surface area contributed by atoms with Crippen LogP contribution >= 0.6 is 15.9 Å². The van der Waals surface area contributed by atoms with Gasteiger partial charge in [0.25, 0.3) is 0 Å². The Balaban J connectivity index is 2.81. The highest BCUT2D eigenvalue weighted by molar-refractivity contribution is 9.10. The van der Waals surface area contributed by atoms with Crippen LogP contribution in [0.25, 0.3) is 0 Å². The maximum absolute atomic E-state index is 12.1. The second kappa shape index (κ2) is 5.34. The van der Waals surface area contributed by atoms with Crippen LogP contribution in [0, 0.1) is 19.3 Å². The number of alkyl halides is 1. The quantitative estimate of drug-likeness (QED) is 0.763. The zero-order valence-corrected chi connectivity index (χ0v) is 12.9. The molecule has 94 valence electrons. The summed E-state index contributed by atoms with van der Waals surface area (Å²) >= 11 is 3.52. The lowest BCUT2D eigenvalue weighted by molar-refractivity contribution is -0.125. The van der Waals surface area contributed by atoms with Gasteiger partial charge in [-0.05, 0) is 25.8 Å². The van der Waals surface area contributed by atoms with Gasteiger partial charge in [-0.2, -0.15) is 0 Å². The number of hydrogen-bond acceptors (Lipinski definition) is 1. The summed E-state index contributed by atoms with van der Waals surface area (Å²) in [5.41, 5.74) is 3.44. The SMILES string of the molecule is Cc1cc(C)cc(CC(Br)C(=O)C(C)(C)C)c1. The number of carbonyl (C=O) groups excluding carboxylic acids is 1. The van der Waals surface area contributed by atoms with Crippen LogP contribution < -0.4 is 0 Å². The third-order valence-electron chi connectivity index (χ3n) is 2.72. The van der Waals surface area contributed by atoms with E-state index in [1.165, 1.54) is 16.7 Å². The zero-order valence-electron chi connectivity index (χ0n) is 11.3.